The highest BCUT2D eigenvalue weighted by Gasteiger charge is 2.25. The Labute approximate surface area is 126 Å². The molecule has 0 aromatic heterocycles. The van der Waals surface area contributed by atoms with Gasteiger partial charge in [0.1, 0.15) is 0 Å². The number of carbonyl (C=O) groups is 1. The van der Waals surface area contributed by atoms with E-state index < -0.39 is 10.0 Å². The largest absolute Gasteiger partial charge is 0.354 e. The Kier molecular flexibility index (Phi) is 5.00. The summed E-state index contributed by atoms with van der Waals surface area (Å²) in [5.74, 6) is -0.0290. The quantitative estimate of drug-likeness (QED) is 0.889. The Morgan fingerprint density at radius 1 is 1.05 bits per heavy atom. The highest BCUT2D eigenvalue weighted by Crippen LogP contribution is 2.21. The van der Waals surface area contributed by atoms with Crippen LogP contribution in [0.15, 0.2) is 29.2 Å². The topological polar surface area (TPSA) is 75.3 Å². The van der Waals surface area contributed by atoms with Crippen molar-refractivity contribution >= 4 is 15.9 Å². The molecule has 0 bridgehead atoms. The Balaban J connectivity index is 1.93. The maximum atomic E-state index is 12.3. The van der Waals surface area contributed by atoms with Gasteiger partial charge < -0.3 is 5.32 Å². The van der Waals surface area contributed by atoms with Gasteiger partial charge in [-0.25, -0.2) is 13.1 Å². The molecule has 0 unspecified atom stereocenters. The van der Waals surface area contributed by atoms with E-state index in [4.69, 9.17) is 0 Å². The zero-order valence-electron chi connectivity index (χ0n) is 12.4. The van der Waals surface area contributed by atoms with Crippen LogP contribution in [0.3, 0.4) is 0 Å². The monoisotopic (exact) mass is 310 g/mol. The summed E-state index contributed by atoms with van der Waals surface area (Å²) in [7, 11) is -3.45. The standard InChI is InChI=1S/C15H22N2O3S/c1-11-3-9-15(10-4-11)21(19,20)17-14-7-5-13(6-8-14)16-12(2)18/h3-4,9-10,13-14,17H,5-8H2,1-2H3,(H,16,18). The van der Waals surface area contributed by atoms with Gasteiger partial charge in [0.05, 0.1) is 4.90 Å². The molecule has 1 aromatic rings. The number of rotatable bonds is 4. The van der Waals surface area contributed by atoms with Crippen LogP contribution in [0.1, 0.15) is 38.2 Å². The van der Waals surface area contributed by atoms with E-state index in [1.165, 1.54) is 6.92 Å². The molecule has 0 atom stereocenters. The van der Waals surface area contributed by atoms with Crippen LogP contribution in [-0.4, -0.2) is 26.4 Å². The SMILES string of the molecule is CC(=O)NC1CCC(NS(=O)(=O)c2ccc(C)cc2)CC1. The van der Waals surface area contributed by atoms with Crippen molar-refractivity contribution in [1.29, 1.82) is 0 Å². The number of sulfonamides is 1. The molecule has 2 N–H and O–H groups in total. The lowest BCUT2D eigenvalue weighted by molar-refractivity contribution is -0.119. The smallest absolute Gasteiger partial charge is 0.240 e. The van der Waals surface area contributed by atoms with Gasteiger partial charge in [0.2, 0.25) is 15.9 Å². The molecule has 116 valence electrons. The summed E-state index contributed by atoms with van der Waals surface area (Å²) in [5, 5.41) is 2.89. The van der Waals surface area contributed by atoms with Gasteiger partial charge in [0.25, 0.3) is 0 Å². The van der Waals surface area contributed by atoms with Crippen molar-refractivity contribution in [3.05, 3.63) is 29.8 Å². The van der Waals surface area contributed by atoms with Crippen molar-refractivity contribution in [3.8, 4) is 0 Å². The normalized spacial score (nSPS) is 22.8. The van der Waals surface area contributed by atoms with Gasteiger partial charge in [-0.05, 0) is 44.7 Å². The first-order chi connectivity index (χ1) is 9.87. The summed E-state index contributed by atoms with van der Waals surface area (Å²) < 4.78 is 27.3. The van der Waals surface area contributed by atoms with Crippen LogP contribution in [0, 0.1) is 6.92 Å². The minimum atomic E-state index is -3.45. The van der Waals surface area contributed by atoms with Gasteiger partial charge in [0, 0.05) is 19.0 Å². The third kappa shape index (κ3) is 4.54. The molecule has 6 heteroatoms. The van der Waals surface area contributed by atoms with E-state index in [0.29, 0.717) is 4.90 Å². The Morgan fingerprint density at radius 2 is 1.57 bits per heavy atom. The fourth-order valence-corrected chi connectivity index (χ4v) is 3.95. The van der Waals surface area contributed by atoms with Crippen molar-refractivity contribution < 1.29 is 13.2 Å². The van der Waals surface area contributed by atoms with Crippen molar-refractivity contribution in [3.63, 3.8) is 0 Å². The predicted octanol–water partition coefficient (Wildman–Crippen LogP) is 1.72. The Morgan fingerprint density at radius 3 is 2.10 bits per heavy atom. The lowest BCUT2D eigenvalue weighted by Gasteiger charge is -2.29. The van der Waals surface area contributed by atoms with E-state index in [0.717, 1.165) is 31.2 Å². The van der Waals surface area contributed by atoms with Crippen molar-refractivity contribution in [2.24, 2.45) is 0 Å². The van der Waals surface area contributed by atoms with E-state index in [1.54, 1.807) is 24.3 Å². The maximum absolute atomic E-state index is 12.3. The van der Waals surface area contributed by atoms with Crippen molar-refractivity contribution in [2.45, 2.75) is 56.5 Å². The molecule has 1 aliphatic rings. The van der Waals surface area contributed by atoms with E-state index in [9.17, 15) is 13.2 Å². The molecule has 2 rings (SSSR count). The number of aryl methyl sites for hydroxylation is 1. The van der Waals surface area contributed by atoms with Gasteiger partial charge in [0.15, 0.2) is 0 Å². The fourth-order valence-electron chi connectivity index (χ4n) is 2.65. The molecule has 1 aromatic carbocycles. The molecule has 0 aliphatic heterocycles. The number of nitrogens with one attached hydrogen (secondary N) is 2. The van der Waals surface area contributed by atoms with Crippen molar-refractivity contribution in [2.75, 3.05) is 0 Å². The summed E-state index contributed by atoms with van der Waals surface area (Å²) in [6, 6.07) is 6.95. The number of benzene rings is 1. The molecule has 21 heavy (non-hydrogen) atoms. The van der Waals surface area contributed by atoms with Crippen molar-refractivity contribution in [1.82, 2.24) is 10.0 Å². The zero-order valence-corrected chi connectivity index (χ0v) is 13.2. The molecule has 0 heterocycles. The second-order valence-electron chi connectivity index (χ2n) is 5.68. The Bertz CT molecular complexity index is 588. The molecule has 1 aliphatic carbocycles. The predicted molar refractivity (Wildman–Crippen MR) is 81.4 cm³/mol. The number of amides is 1. The first-order valence-corrected chi connectivity index (χ1v) is 8.71. The summed E-state index contributed by atoms with van der Waals surface area (Å²) in [6.07, 6.45) is 3.10. The van der Waals surface area contributed by atoms with Crippen LogP contribution in [0.4, 0.5) is 0 Å². The average Bonchev–Trinajstić information content (AvgIpc) is 2.40. The van der Waals surface area contributed by atoms with Gasteiger partial charge in [-0.15, -0.1) is 0 Å². The van der Waals surface area contributed by atoms with E-state index in [-0.39, 0.29) is 18.0 Å². The summed E-state index contributed by atoms with van der Waals surface area (Å²) >= 11 is 0. The van der Waals surface area contributed by atoms with Crippen LogP contribution < -0.4 is 10.0 Å². The minimum Gasteiger partial charge on any atom is -0.354 e. The minimum absolute atomic E-state index is 0.0290. The number of carbonyl (C=O) groups excluding carboxylic acids is 1. The molecular formula is C15H22N2O3S. The lowest BCUT2D eigenvalue weighted by Crippen LogP contribution is -2.43. The summed E-state index contributed by atoms with van der Waals surface area (Å²) in [4.78, 5) is 11.3. The molecule has 0 radical (unpaired) electrons. The first-order valence-electron chi connectivity index (χ1n) is 7.23. The van der Waals surface area contributed by atoms with E-state index in [1.807, 2.05) is 6.92 Å². The molecule has 0 saturated heterocycles. The third-order valence-corrected chi connectivity index (χ3v) is 5.32. The number of hydrogen-bond donors (Lipinski definition) is 2. The van der Waals surface area contributed by atoms with Crippen LogP contribution in [0.2, 0.25) is 0 Å². The van der Waals surface area contributed by atoms with E-state index in [2.05, 4.69) is 10.0 Å². The van der Waals surface area contributed by atoms with E-state index >= 15 is 0 Å². The van der Waals surface area contributed by atoms with Gasteiger partial charge in [-0.3, -0.25) is 4.79 Å². The zero-order chi connectivity index (χ0) is 15.5. The second kappa shape index (κ2) is 6.58. The molecule has 1 amide bonds. The highest BCUT2D eigenvalue weighted by molar-refractivity contribution is 7.89. The average molecular weight is 310 g/mol. The van der Waals surface area contributed by atoms with Crippen LogP contribution in [0.25, 0.3) is 0 Å². The van der Waals surface area contributed by atoms with Gasteiger partial charge in [-0.2, -0.15) is 0 Å². The second-order valence-corrected chi connectivity index (χ2v) is 7.40. The molecule has 5 nitrogen and oxygen atoms in total. The summed E-state index contributed by atoms with van der Waals surface area (Å²) in [5.41, 5.74) is 1.03. The van der Waals surface area contributed by atoms with Gasteiger partial charge in [-0.1, -0.05) is 17.7 Å². The first kappa shape index (κ1) is 16.0. The molecule has 0 spiro atoms. The lowest BCUT2D eigenvalue weighted by atomic mass is 9.92. The Hall–Kier alpha value is -1.40. The van der Waals surface area contributed by atoms with Crippen LogP contribution in [-0.2, 0) is 14.8 Å². The van der Waals surface area contributed by atoms with Crippen LogP contribution in [0.5, 0.6) is 0 Å². The highest BCUT2D eigenvalue weighted by atomic mass is 32.2. The molecular weight excluding hydrogens is 288 g/mol. The van der Waals surface area contributed by atoms with Gasteiger partial charge >= 0.3 is 0 Å². The molecule has 1 fully saturated rings. The number of hydrogen-bond acceptors (Lipinski definition) is 3. The fraction of sp³-hybridized carbons (Fsp3) is 0.533. The third-order valence-electron chi connectivity index (χ3n) is 3.79. The summed E-state index contributed by atoms with van der Waals surface area (Å²) in [6.45, 7) is 3.43. The van der Waals surface area contributed by atoms with Crippen LogP contribution >= 0.6 is 0 Å². The maximum Gasteiger partial charge on any atom is 0.240 e. The molecule has 1 saturated carbocycles.